The van der Waals surface area contributed by atoms with Crippen LogP contribution in [-0.4, -0.2) is 16.1 Å². The van der Waals surface area contributed by atoms with E-state index in [1.165, 1.54) is 23.4 Å². The molecule has 1 aromatic heterocycles. The average Bonchev–Trinajstić information content (AvgIpc) is 2.84. The van der Waals surface area contributed by atoms with Gasteiger partial charge in [0.2, 0.25) is 0 Å². The molecule has 2 heterocycles. The van der Waals surface area contributed by atoms with Crippen molar-refractivity contribution in [2.24, 2.45) is 5.92 Å². The van der Waals surface area contributed by atoms with Crippen molar-refractivity contribution in [2.45, 2.75) is 39.8 Å². The lowest BCUT2D eigenvalue weighted by molar-refractivity contribution is 0.501. The Labute approximate surface area is 121 Å². The van der Waals surface area contributed by atoms with Crippen molar-refractivity contribution in [3.05, 3.63) is 41.7 Å². The molecular formula is C17H23N3. The van der Waals surface area contributed by atoms with Gasteiger partial charge in [0.25, 0.3) is 0 Å². The standard InChI is InChI=1S/C17H23N3/c1-13(2)9-11-20-16-8-10-18-12-15(16)19-17(20)14-6-4-3-5-7-14/h3-7,13,18H,8-12H2,1-2H3. The highest BCUT2D eigenvalue weighted by Crippen LogP contribution is 2.25. The number of hydrogen-bond donors (Lipinski definition) is 1. The summed E-state index contributed by atoms with van der Waals surface area (Å²) in [5, 5.41) is 3.42. The van der Waals surface area contributed by atoms with Gasteiger partial charge in [0.05, 0.1) is 5.69 Å². The zero-order chi connectivity index (χ0) is 13.9. The summed E-state index contributed by atoms with van der Waals surface area (Å²) in [7, 11) is 0. The van der Waals surface area contributed by atoms with E-state index in [4.69, 9.17) is 4.98 Å². The average molecular weight is 269 g/mol. The summed E-state index contributed by atoms with van der Waals surface area (Å²) in [6, 6.07) is 10.6. The fraction of sp³-hybridized carbons (Fsp3) is 0.471. The first kappa shape index (κ1) is 13.4. The number of nitrogens with zero attached hydrogens (tertiary/aromatic N) is 2. The SMILES string of the molecule is CC(C)CCn1c(-c2ccccc2)nc2c1CCNC2. The van der Waals surface area contributed by atoms with E-state index in [0.29, 0.717) is 0 Å². The van der Waals surface area contributed by atoms with Crippen LogP contribution in [-0.2, 0) is 19.5 Å². The molecule has 0 saturated carbocycles. The van der Waals surface area contributed by atoms with Crippen LogP contribution in [0.15, 0.2) is 30.3 Å². The van der Waals surface area contributed by atoms with E-state index in [1.54, 1.807) is 0 Å². The summed E-state index contributed by atoms with van der Waals surface area (Å²) in [5.74, 6) is 1.86. The van der Waals surface area contributed by atoms with Gasteiger partial charge in [-0.3, -0.25) is 0 Å². The summed E-state index contributed by atoms with van der Waals surface area (Å²) in [4.78, 5) is 4.90. The molecule has 0 bridgehead atoms. The number of hydrogen-bond acceptors (Lipinski definition) is 2. The summed E-state index contributed by atoms with van der Waals surface area (Å²) >= 11 is 0. The van der Waals surface area contributed by atoms with Crippen molar-refractivity contribution in [1.82, 2.24) is 14.9 Å². The highest BCUT2D eigenvalue weighted by atomic mass is 15.1. The molecule has 0 unspecified atom stereocenters. The van der Waals surface area contributed by atoms with Crippen LogP contribution in [0.3, 0.4) is 0 Å². The monoisotopic (exact) mass is 269 g/mol. The number of rotatable bonds is 4. The Kier molecular flexibility index (Phi) is 3.88. The molecule has 3 nitrogen and oxygen atoms in total. The number of aromatic nitrogens is 2. The number of fused-ring (bicyclic) bond motifs is 1. The van der Waals surface area contributed by atoms with Crippen molar-refractivity contribution in [1.29, 1.82) is 0 Å². The van der Waals surface area contributed by atoms with E-state index in [1.807, 2.05) is 0 Å². The van der Waals surface area contributed by atoms with Crippen molar-refractivity contribution >= 4 is 0 Å². The van der Waals surface area contributed by atoms with Gasteiger partial charge in [0.1, 0.15) is 5.82 Å². The molecule has 0 aliphatic carbocycles. The van der Waals surface area contributed by atoms with Gasteiger partial charge in [-0.15, -0.1) is 0 Å². The third kappa shape index (κ3) is 2.63. The van der Waals surface area contributed by atoms with Gasteiger partial charge in [0, 0.05) is 37.3 Å². The molecule has 106 valence electrons. The second-order valence-electron chi connectivity index (χ2n) is 5.96. The van der Waals surface area contributed by atoms with E-state index in [0.717, 1.165) is 37.8 Å². The minimum atomic E-state index is 0.721. The summed E-state index contributed by atoms with van der Waals surface area (Å²) in [6.07, 6.45) is 2.29. The quantitative estimate of drug-likeness (QED) is 0.923. The highest BCUT2D eigenvalue weighted by Gasteiger charge is 2.20. The van der Waals surface area contributed by atoms with Gasteiger partial charge in [-0.1, -0.05) is 44.2 Å². The molecule has 3 rings (SSSR count). The maximum atomic E-state index is 4.90. The highest BCUT2D eigenvalue weighted by molar-refractivity contribution is 5.57. The van der Waals surface area contributed by atoms with Gasteiger partial charge in [-0.2, -0.15) is 0 Å². The zero-order valence-electron chi connectivity index (χ0n) is 12.4. The van der Waals surface area contributed by atoms with Crippen molar-refractivity contribution in [2.75, 3.05) is 6.54 Å². The lowest BCUT2D eigenvalue weighted by Crippen LogP contribution is -2.25. The maximum absolute atomic E-state index is 4.90. The van der Waals surface area contributed by atoms with Crippen LogP contribution in [0.1, 0.15) is 31.7 Å². The first-order chi connectivity index (χ1) is 9.75. The topological polar surface area (TPSA) is 29.9 Å². The molecule has 0 saturated heterocycles. The van der Waals surface area contributed by atoms with E-state index < -0.39 is 0 Å². The molecule has 0 spiro atoms. The molecule has 1 aliphatic heterocycles. The van der Waals surface area contributed by atoms with Crippen molar-refractivity contribution in [3.8, 4) is 11.4 Å². The van der Waals surface area contributed by atoms with E-state index in [9.17, 15) is 0 Å². The molecule has 20 heavy (non-hydrogen) atoms. The predicted octanol–water partition coefficient (Wildman–Crippen LogP) is 3.24. The fourth-order valence-electron chi connectivity index (χ4n) is 2.81. The number of nitrogens with one attached hydrogen (secondary N) is 1. The Balaban J connectivity index is 2.01. The first-order valence-electron chi connectivity index (χ1n) is 7.60. The summed E-state index contributed by atoms with van der Waals surface area (Å²) in [6.45, 7) is 7.61. The molecule has 0 amide bonds. The second kappa shape index (κ2) is 5.80. The van der Waals surface area contributed by atoms with Crippen LogP contribution < -0.4 is 5.32 Å². The predicted molar refractivity (Wildman–Crippen MR) is 82.5 cm³/mol. The summed E-state index contributed by atoms with van der Waals surface area (Å²) in [5.41, 5.74) is 3.90. The molecule has 1 N–H and O–H groups in total. The van der Waals surface area contributed by atoms with Crippen LogP contribution in [0.2, 0.25) is 0 Å². The smallest absolute Gasteiger partial charge is 0.140 e. The molecule has 1 aromatic carbocycles. The number of imidazole rings is 1. The van der Waals surface area contributed by atoms with Crippen LogP contribution >= 0.6 is 0 Å². The Morgan fingerprint density at radius 2 is 2.05 bits per heavy atom. The largest absolute Gasteiger partial charge is 0.328 e. The second-order valence-corrected chi connectivity index (χ2v) is 5.96. The Bertz CT molecular complexity index is 569. The van der Waals surface area contributed by atoms with Gasteiger partial charge >= 0.3 is 0 Å². The third-order valence-electron chi connectivity index (χ3n) is 3.95. The molecule has 2 aromatic rings. The summed E-state index contributed by atoms with van der Waals surface area (Å²) < 4.78 is 2.45. The van der Waals surface area contributed by atoms with Crippen molar-refractivity contribution < 1.29 is 0 Å². The Morgan fingerprint density at radius 3 is 2.80 bits per heavy atom. The van der Waals surface area contributed by atoms with Crippen LogP contribution in [0, 0.1) is 5.92 Å². The van der Waals surface area contributed by atoms with E-state index in [-0.39, 0.29) is 0 Å². The lowest BCUT2D eigenvalue weighted by Gasteiger charge is -2.17. The van der Waals surface area contributed by atoms with E-state index in [2.05, 4.69) is 54.1 Å². The van der Waals surface area contributed by atoms with Crippen LogP contribution in [0.5, 0.6) is 0 Å². The molecule has 0 radical (unpaired) electrons. The maximum Gasteiger partial charge on any atom is 0.140 e. The fourth-order valence-corrected chi connectivity index (χ4v) is 2.81. The van der Waals surface area contributed by atoms with Crippen molar-refractivity contribution in [3.63, 3.8) is 0 Å². The molecule has 1 aliphatic rings. The Hall–Kier alpha value is -1.61. The van der Waals surface area contributed by atoms with E-state index >= 15 is 0 Å². The molecule has 3 heteroatoms. The minimum Gasteiger partial charge on any atom is -0.328 e. The molecule has 0 fully saturated rings. The number of benzene rings is 1. The normalized spacial score (nSPS) is 14.6. The van der Waals surface area contributed by atoms with Crippen LogP contribution in [0.4, 0.5) is 0 Å². The van der Waals surface area contributed by atoms with Gasteiger partial charge in [0.15, 0.2) is 0 Å². The minimum absolute atomic E-state index is 0.721. The third-order valence-corrected chi connectivity index (χ3v) is 3.95. The van der Waals surface area contributed by atoms with Gasteiger partial charge in [-0.05, 0) is 12.3 Å². The first-order valence-corrected chi connectivity index (χ1v) is 7.60. The van der Waals surface area contributed by atoms with Gasteiger partial charge < -0.3 is 9.88 Å². The molecular weight excluding hydrogens is 246 g/mol. The Morgan fingerprint density at radius 1 is 1.25 bits per heavy atom. The van der Waals surface area contributed by atoms with Crippen LogP contribution in [0.25, 0.3) is 11.4 Å². The lowest BCUT2D eigenvalue weighted by atomic mass is 10.1. The van der Waals surface area contributed by atoms with Gasteiger partial charge in [-0.25, -0.2) is 4.98 Å². The molecule has 0 atom stereocenters. The zero-order valence-corrected chi connectivity index (χ0v) is 12.4.